The standard InChI is InChI=1S/C13H20N2O4/c16-11(14-5-7-19-8-6-14)10-9-13(10)1-3-15(4-2-13)12(17)18/h10H,1-9H2,(H,17,18). The fourth-order valence-electron chi connectivity index (χ4n) is 3.40. The first-order valence-corrected chi connectivity index (χ1v) is 6.97. The molecule has 0 aromatic carbocycles. The molecule has 19 heavy (non-hydrogen) atoms. The van der Waals surface area contributed by atoms with Gasteiger partial charge in [0.2, 0.25) is 5.91 Å². The molecule has 6 heteroatoms. The number of rotatable bonds is 1. The number of nitrogens with zero attached hydrogens (tertiary/aromatic N) is 2. The molecule has 2 amide bonds. The van der Waals surface area contributed by atoms with E-state index in [1.165, 1.54) is 4.90 Å². The van der Waals surface area contributed by atoms with Crippen molar-refractivity contribution in [1.29, 1.82) is 0 Å². The van der Waals surface area contributed by atoms with Crippen LogP contribution in [0.2, 0.25) is 0 Å². The second-order valence-corrected chi connectivity index (χ2v) is 5.83. The van der Waals surface area contributed by atoms with Gasteiger partial charge in [0.25, 0.3) is 0 Å². The Kier molecular flexibility index (Phi) is 3.12. The number of hydrogen-bond donors (Lipinski definition) is 1. The van der Waals surface area contributed by atoms with Crippen LogP contribution in [0.15, 0.2) is 0 Å². The van der Waals surface area contributed by atoms with E-state index in [0.717, 1.165) is 19.3 Å². The minimum Gasteiger partial charge on any atom is -0.465 e. The van der Waals surface area contributed by atoms with Gasteiger partial charge in [-0.25, -0.2) is 4.79 Å². The smallest absolute Gasteiger partial charge is 0.407 e. The van der Waals surface area contributed by atoms with Crippen molar-refractivity contribution in [2.75, 3.05) is 39.4 Å². The zero-order valence-corrected chi connectivity index (χ0v) is 11.0. The third kappa shape index (κ3) is 2.29. The van der Waals surface area contributed by atoms with E-state index in [-0.39, 0.29) is 17.2 Å². The SMILES string of the molecule is O=C(O)N1CCC2(CC1)CC2C(=O)N1CCOCC1. The average Bonchev–Trinajstić information content (AvgIpc) is 3.13. The zero-order chi connectivity index (χ0) is 13.5. The van der Waals surface area contributed by atoms with Crippen LogP contribution >= 0.6 is 0 Å². The molecule has 2 aliphatic heterocycles. The summed E-state index contributed by atoms with van der Waals surface area (Å²) in [6.45, 7) is 3.82. The van der Waals surface area contributed by atoms with Crippen molar-refractivity contribution in [3.63, 3.8) is 0 Å². The summed E-state index contributed by atoms with van der Waals surface area (Å²) < 4.78 is 5.26. The highest BCUT2D eigenvalue weighted by atomic mass is 16.5. The maximum Gasteiger partial charge on any atom is 0.407 e. The van der Waals surface area contributed by atoms with Crippen molar-refractivity contribution in [3.8, 4) is 0 Å². The lowest BCUT2D eigenvalue weighted by Gasteiger charge is -2.32. The molecule has 3 fully saturated rings. The third-order valence-electron chi connectivity index (χ3n) is 4.84. The van der Waals surface area contributed by atoms with Crippen molar-refractivity contribution in [2.24, 2.45) is 11.3 Å². The minimum atomic E-state index is -0.841. The van der Waals surface area contributed by atoms with E-state index in [2.05, 4.69) is 0 Å². The second kappa shape index (κ2) is 4.67. The lowest BCUT2D eigenvalue weighted by atomic mass is 9.90. The highest BCUT2D eigenvalue weighted by molar-refractivity contribution is 5.83. The first-order valence-electron chi connectivity index (χ1n) is 6.97. The largest absolute Gasteiger partial charge is 0.465 e. The quantitative estimate of drug-likeness (QED) is 0.757. The Balaban J connectivity index is 1.55. The van der Waals surface area contributed by atoms with Crippen molar-refractivity contribution in [2.45, 2.75) is 19.3 Å². The van der Waals surface area contributed by atoms with Crippen molar-refractivity contribution in [1.82, 2.24) is 9.80 Å². The van der Waals surface area contributed by atoms with Gasteiger partial charge in [-0.1, -0.05) is 0 Å². The number of likely N-dealkylation sites (tertiary alicyclic amines) is 1. The molecular weight excluding hydrogens is 248 g/mol. The fourth-order valence-corrected chi connectivity index (χ4v) is 3.40. The molecule has 2 heterocycles. The third-order valence-corrected chi connectivity index (χ3v) is 4.84. The molecule has 1 aliphatic carbocycles. The topological polar surface area (TPSA) is 70.1 Å². The molecule has 3 rings (SSSR count). The van der Waals surface area contributed by atoms with E-state index in [1.54, 1.807) is 0 Å². The Morgan fingerprint density at radius 1 is 1.05 bits per heavy atom. The molecule has 2 saturated heterocycles. The molecule has 6 nitrogen and oxygen atoms in total. The Morgan fingerprint density at radius 3 is 2.26 bits per heavy atom. The highest BCUT2D eigenvalue weighted by Gasteiger charge is 2.59. The zero-order valence-electron chi connectivity index (χ0n) is 11.0. The lowest BCUT2D eigenvalue weighted by Crippen LogP contribution is -2.44. The Morgan fingerprint density at radius 2 is 1.68 bits per heavy atom. The summed E-state index contributed by atoms with van der Waals surface area (Å²) in [4.78, 5) is 26.6. The number of carboxylic acid groups (broad SMARTS) is 1. The molecule has 1 spiro atoms. The molecule has 0 bridgehead atoms. The van der Waals surface area contributed by atoms with Crippen LogP contribution in [0.4, 0.5) is 4.79 Å². The van der Waals surface area contributed by atoms with E-state index in [9.17, 15) is 9.59 Å². The van der Waals surface area contributed by atoms with E-state index in [1.807, 2.05) is 4.90 Å². The summed E-state index contributed by atoms with van der Waals surface area (Å²) in [5, 5.41) is 8.94. The fraction of sp³-hybridized carbons (Fsp3) is 0.846. The van der Waals surface area contributed by atoms with Crippen LogP contribution < -0.4 is 0 Å². The van der Waals surface area contributed by atoms with Gasteiger partial charge in [0.1, 0.15) is 0 Å². The Labute approximate surface area is 112 Å². The molecule has 3 aliphatic rings. The number of amides is 2. The number of carbonyl (C=O) groups excluding carboxylic acids is 1. The Bertz CT molecular complexity index is 384. The highest BCUT2D eigenvalue weighted by Crippen LogP contribution is 2.60. The van der Waals surface area contributed by atoms with Crippen molar-refractivity contribution in [3.05, 3.63) is 0 Å². The molecule has 106 valence electrons. The van der Waals surface area contributed by atoms with Crippen molar-refractivity contribution < 1.29 is 19.4 Å². The molecule has 0 aromatic heterocycles. The van der Waals surface area contributed by atoms with Crippen molar-refractivity contribution >= 4 is 12.0 Å². The van der Waals surface area contributed by atoms with E-state index in [4.69, 9.17) is 9.84 Å². The number of piperidine rings is 1. The van der Waals surface area contributed by atoms with Gasteiger partial charge in [-0.3, -0.25) is 4.79 Å². The lowest BCUT2D eigenvalue weighted by molar-refractivity contribution is -0.137. The molecule has 1 unspecified atom stereocenters. The molecule has 0 radical (unpaired) electrons. The summed E-state index contributed by atoms with van der Waals surface area (Å²) in [5.41, 5.74) is 0.0985. The number of carbonyl (C=O) groups is 2. The molecule has 1 saturated carbocycles. The van der Waals surface area contributed by atoms with Gasteiger partial charge < -0.3 is 19.6 Å². The monoisotopic (exact) mass is 268 g/mol. The predicted octanol–water partition coefficient (Wildman–Crippen LogP) is 0.625. The van der Waals surface area contributed by atoms with E-state index in [0.29, 0.717) is 39.4 Å². The van der Waals surface area contributed by atoms with Gasteiger partial charge in [-0.05, 0) is 24.7 Å². The van der Waals surface area contributed by atoms with Gasteiger partial charge in [0.15, 0.2) is 0 Å². The van der Waals surface area contributed by atoms with E-state index >= 15 is 0 Å². The summed E-state index contributed by atoms with van der Waals surface area (Å²) in [7, 11) is 0. The van der Waals surface area contributed by atoms with Crippen LogP contribution in [-0.2, 0) is 9.53 Å². The molecule has 0 aromatic rings. The van der Waals surface area contributed by atoms with Crippen LogP contribution in [0.25, 0.3) is 0 Å². The average molecular weight is 268 g/mol. The number of morpholine rings is 1. The molecule has 1 N–H and O–H groups in total. The van der Waals surface area contributed by atoms with Crippen LogP contribution in [0.1, 0.15) is 19.3 Å². The first-order chi connectivity index (χ1) is 9.12. The summed E-state index contributed by atoms with van der Waals surface area (Å²) >= 11 is 0. The Hall–Kier alpha value is -1.30. The van der Waals surface area contributed by atoms with Crippen LogP contribution in [0.5, 0.6) is 0 Å². The number of hydrogen-bond acceptors (Lipinski definition) is 3. The summed E-state index contributed by atoms with van der Waals surface area (Å²) in [6, 6.07) is 0. The van der Waals surface area contributed by atoms with Crippen LogP contribution in [0, 0.1) is 11.3 Å². The second-order valence-electron chi connectivity index (χ2n) is 5.83. The maximum absolute atomic E-state index is 12.4. The summed E-state index contributed by atoms with van der Waals surface area (Å²) in [6.07, 6.45) is 1.77. The van der Waals surface area contributed by atoms with Crippen LogP contribution in [0.3, 0.4) is 0 Å². The van der Waals surface area contributed by atoms with Crippen LogP contribution in [-0.4, -0.2) is 66.3 Å². The van der Waals surface area contributed by atoms with Gasteiger partial charge in [-0.2, -0.15) is 0 Å². The molecule has 1 atom stereocenters. The first kappa shape index (κ1) is 12.7. The summed E-state index contributed by atoms with van der Waals surface area (Å²) in [5.74, 6) is 0.383. The van der Waals surface area contributed by atoms with E-state index < -0.39 is 6.09 Å². The molecular formula is C13H20N2O4. The normalized spacial score (nSPS) is 29.4. The maximum atomic E-state index is 12.4. The number of ether oxygens (including phenoxy) is 1. The van der Waals surface area contributed by atoms with Gasteiger partial charge in [-0.15, -0.1) is 0 Å². The predicted molar refractivity (Wildman–Crippen MR) is 66.8 cm³/mol. The minimum absolute atomic E-state index is 0.0985. The van der Waals surface area contributed by atoms with Gasteiger partial charge >= 0.3 is 6.09 Å². The van der Waals surface area contributed by atoms with Gasteiger partial charge in [0.05, 0.1) is 13.2 Å². The van der Waals surface area contributed by atoms with Gasteiger partial charge in [0, 0.05) is 32.1 Å².